The summed E-state index contributed by atoms with van der Waals surface area (Å²) in [7, 11) is 0. The first-order valence-corrected chi connectivity index (χ1v) is 8.69. The minimum atomic E-state index is -0.450. The standard InChI is InChI=1S/C20H25N3O2/c1-15-5-2-3-6-17(15)12-20(14-24)8-4-10-23(13-20)18-11-16(19(21)25)7-9-22-18/h2-3,5-7,9,11,24H,4,8,10,12-14H2,1H3,(H2,21,25)/t20-/m1/s1. The molecule has 2 aromatic rings. The van der Waals surface area contributed by atoms with Crippen molar-refractivity contribution in [2.45, 2.75) is 26.2 Å². The lowest BCUT2D eigenvalue weighted by Gasteiger charge is -2.42. The van der Waals surface area contributed by atoms with Gasteiger partial charge in [-0.3, -0.25) is 4.79 Å². The van der Waals surface area contributed by atoms with E-state index in [9.17, 15) is 9.90 Å². The molecule has 2 heterocycles. The number of aliphatic hydroxyl groups excluding tert-OH is 1. The van der Waals surface area contributed by atoms with Crippen molar-refractivity contribution in [2.75, 3.05) is 24.6 Å². The number of primary amides is 1. The number of hydrogen-bond donors (Lipinski definition) is 2. The van der Waals surface area contributed by atoms with Crippen molar-refractivity contribution < 1.29 is 9.90 Å². The molecule has 25 heavy (non-hydrogen) atoms. The third-order valence-corrected chi connectivity index (χ3v) is 5.18. The molecule has 0 spiro atoms. The SMILES string of the molecule is Cc1ccccc1C[C@]1(CO)CCCN(c2cc(C(N)=O)ccn2)C1. The second-order valence-corrected chi connectivity index (χ2v) is 7.05. The molecule has 0 unspecified atom stereocenters. The van der Waals surface area contributed by atoms with Gasteiger partial charge in [-0.15, -0.1) is 0 Å². The maximum atomic E-state index is 11.4. The normalized spacial score (nSPS) is 20.5. The van der Waals surface area contributed by atoms with Crippen molar-refractivity contribution in [3.05, 3.63) is 59.3 Å². The molecule has 1 saturated heterocycles. The quantitative estimate of drug-likeness (QED) is 0.876. The zero-order chi connectivity index (χ0) is 17.9. The van der Waals surface area contributed by atoms with E-state index < -0.39 is 5.91 Å². The Morgan fingerprint density at radius 2 is 2.16 bits per heavy atom. The number of amides is 1. The van der Waals surface area contributed by atoms with Crippen LogP contribution in [0.3, 0.4) is 0 Å². The Morgan fingerprint density at radius 3 is 2.88 bits per heavy atom. The van der Waals surface area contributed by atoms with Crippen LogP contribution in [-0.2, 0) is 6.42 Å². The topological polar surface area (TPSA) is 79.5 Å². The van der Waals surface area contributed by atoms with Crippen LogP contribution in [0.2, 0.25) is 0 Å². The van der Waals surface area contributed by atoms with Crippen molar-refractivity contribution >= 4 is 11.7 Å². The molecular formula is C20H25N3O2. The molecule has 1 amide bonds. The van der Waals surface area contributed by atoms with Crippen LogP contribution in [0.1, 0.15) is 34.3 Å². The highest BCUT2D eigenvalue weighted by atomic mass is 16.3. The maximum absolute atomic E-state index is 11.4. The van der Waals surface area contributed by atoms with Gasteiger partial charge in [0.25, 0.3) is 0 Å². The van der Waals surface area contributed by atoms with Gasteiger partial charge >= 0.3 is 0 Å². The lowest BCUT2D eigenvalue weighted by atomic mass is 9.75. The summed E-state index contributed by atoms with van der Waals surface area (Å²) >= 11 is 0. The highest BCUT2D eigenvalue weighted by molar-refractivity contribution is 5.93. The number of rotatable bonds is 5. The van der Waals surface area contributed by atoms with Gasteiger partial charge in [-0.2, -0.15) is 0 Å². The highest BCUT2D eigenvalue weighted by Crippen LogP contribution is 2.35. The summed E-state index contributed by atoms with van der Waals surface area (Å²) in [5, 5.41) is 10.2. The molecule has 1 aliphatic heterocycles. The van der Waals surface area contributed by atoms with Crippen LogP contribution in [-0.4, -0.2) is 35.7 Å². The van der Waals surface area contributed by atoms with Crippen LogP contribution >= 0.6 is 0 Å². The van der Waals surface area contributed by atoms with Crippen LogP contribution in [0.5, 0.6) is 0 Å². The Hall–Kier alpha value is -2.40. The number of aryl methyl sites for hydroxylation is 1. The number of piperidine rings is 1. The van der Waals surface area contributed by atoms with Crippen LogP contribution in [0.4, 0.5) is 5.82 Å². The molecule has 0 radical (unpaired) electrons. The number of carbonyl (C=O) groups is 1. The second-order valence-electron chi connectivity index (χ2n) is 7.05. The Morgan fingerprint density at radius 1 is 1.36 bits per heavy atom. The predicted octanol–water partition coefficient (Wildman–Crippen LogP) is 2.31. The summed E-state index contributed by atoms with van der Waals surface area (Å²) in [5.74, 6) is 0.299. The van der Waals surface area contributed by atoms with Gasteiger partial charge in [0.15, 0.2) is 0 Å². The summed E-state index contributed by atoms with van der Waals surface area (Å²) in [4.78, 5) is 18.0. The van der Waals surface area contributed by atoms with Crippen molar-refractivity contribution in [3.8, 4) is 0 Å². The first kappa shape index (κ1) is 17.4. The number of anilines is 1. The Kier molecular flexibility index (Phi) is 5.04. The van der Waals surface area contributed by atoms with Gasteiger partial charge in [0.1, 0.15) is 5.82 Å². The molecule has 0 aliphatic carbocycles. The zero-order valence-corrected chi connectivity index (χ0v) is 14.6. The number of nitrogens with zero attached hydrogens (tertiary/aromatic N) is 2. The van der Waals surface area contributed by atoms with E-state index in [0.717, 1.165) is 31.6 Å². The number of aromatic nitrogens is 1. The zero-order valence-electron chi connectivity index (χ0n) is 14.6. The van der Waals surface area contributed by atoms with Gasteiger partial charge in [-0.1, -0.05) is 24.3 Å². The fourth-order valence-corrected chi connectivity index (χ4v) is 3.69. The van der Waals surface area contributed by atoms with Crippen LogP contribution in [0.25, 0.3) is 0 Å². The van der Waals surface area contributed by atoms with Crippen molar-refractivity contribution in [1.82, 2.24) is 4.98 Å². The number of hydrogen-bond acceptors (Lipinski definition) is 4. The van der Waals surface area contributed by atoms with Gasteiger partial charge in [0, 0.05) is 30.3 Å². The van der Waals surface area contributed by atoms with E-state index in [0.29, 0.717) is 12.1 Å². The third-order valence-electron chi connectivity index (χ3n) is 5.18. The monoisotopic (exact) mass is 339 g/mol. The molecule has 132 valence electrons. The summed E-state index contributed by atoms with van der Waals surface area (Å²) < 4.78 is 0. The molecule has 3 N–H and O–H groups in total. The van der Waals surface area contributed by atoms with E-state index in [2.05, 4.69) is 28.9 Å². The number of aliphatic hydroxyl groups is 1. The third kappa shape index (κ3) is 3.82. The van der Waals surface area contributed by atoms with E-state index >= 15 is 0 Å². The van der Waals surface area contributed by atoms with Gasteiger partial charge in [-0.05, 0) is 49.4 Å². The van der Waals surface area contributed by atoms with Gasteiger partial charge in [0.05, 0.1) is 6.61 Å². The van der Waals surface area contributed by atoms with E-state index in [4.69, 9.17) is 5.73 Å². The number of pyridine rings is 1. The van der Waals surface area contributed by atoms with E-state index in [1.54, 1.807) is 18.3 Å². The van der Waals surface area contributed by atoms with Crippen LogP contribution in [0.15, 0.2) is 42.6 Å². The number of nitrogens with two attached hydrogens (primary N) is 1. The first-order valence-electron chi connectivity index (χ1n) is 8.69. The molecule has 5 nitrogen and oxygen atoms in total. The fraction of sp³-hybridized carbons (Fsp3) is 0.400. The lowest BCUT2D eigenvalue weighted by molar-refractivity contribution is 0.0999. The van der Waals surface area contributed by atoms with E-state index in [1.165, 1.54) is 11.1 Å². The highest BCUT2D eigenvalue weighted by Gasteiger charge is 2.36. The molecular weight excluding hydrogens is 314 g/mol. The molecule has 3 rings (SSSR count). The van der Waals surface area contributed by atoms with Crippen LogP contribution < -0.4 is 10.6 Å². The smallest absolute Gasteiger partial charge is 0.248 e. The van der Waals surface area contributed by atoms with Gasteiger partial charge in [0.2, 0.25) is 5.91 Å². The van der Waals surface area contributed by atoms with Crippen molar-refractivity contribution in [1.29, 1.82) is 0 Å². The Bertz CT molecular complexity index is 762. The molecule has 0 saturated carbocycles. The summed E-state index contributed by atoms with van der Waals surface area (Å²) in [5.41, 5.74) is 8.17. The van der Waals surface area contributed by atoms with Gasteiger partial charge in [-0.25, -0.2) is 4.98 Å². The summed E-state index contributed by atoms with van der Waals surface area (Å²) in [6.07, 6.45) is 4.41. The van der Waals surface area contributed by atoms with E-state index in [-0.39, 0.29) is 12.0 Å². The molecule has 1 aromatic heterocycles. The molecule has 1 aromatic carbocycles. The average Bonchev–Trinajstić information content (AvgIpc) is 2.64. The molecule has 1 aliphatic rings. The fourth-order valence-electron chi connectivity index (χ4n) is 3.69. The van der Waals surface area contributed by atoms with Crippen molar-refractivity contribution in [3.63, 3.8) is 0 Å². The minimum Gasteiger partial charge on any atom is -0.396 e. The van der Waals surface area contributed by atoms with Gasteiger partial charge < -0.3 is 15.7 Å². The molecule has 1 fully saturated rings. The lowest BCUT2D eigenvalue weighted by Crippen LogP contribution is -2.47. The maximum Gasteiger partial charge on any atom is 0.248 e. The number of benzene rings is 1. The molecule has 1 atom stereocenters. The molecule has 0 bridgehead atoms. The van der Waals surface area contributed by atoms with Crippen LogP contribution in [0, 0.1) is 12.3 Å². The molecule has 5 heteroatoms. The second kappa shape index (κ2) is 7.23. The van der Waals surface area contributed by atoms with E-state index in [1.807, 2.05) is 12.1 Å². The summed E-state index contributed by atoms with van der Waals surface area (Å²) in [6, 6.07) is 11.7. The number of carbonyl (C=O) groups excluding carboxylic acids is 1. The minimum absolute atomic E-state index is 0.132. The summed E-state index contributed by atoms with van der Waals surface area (Å²) in [6.45, 7) is 3.82. The Balaban J connectivity index is 1.84. The van der Waals surface area contributed by atoms with Crippen molar-refractivity contribution in [2.24, 2.45) is 11.1 Å². The Labute approximate surface area is 148 Å². The largest absolute Gasteiger partial charge is 0.396 e. The first-order chi connectivity index (χ1) is 12.0. The average molecular weight is 339 g/mol. The predicted molar refractivity (Wildman–Crippen MR) is 98.6 cm³/mol.